The minimum atomic E-state index is -0.417. The highest BCUT2D eigenvalue weighted by Crippen LogP contribution is 2.29. The van der Waals surface area contributed by atoms with Gasteiger partial charge in [-0.15, -0.1) is 0 Å². The summed E-state index contributed by atoms with van der Waals surface area (Å²) >= 11 is 5.90. The van der Waals surface area contributed by atoms with Crippen LogP contribution >= 0.6 is 11.6 Å². The van der Waals surface area contributed by atoms with Crippen LogP contribution in [0.5, 0.6) is 0 Å². The lowest BCUT2D eigenvalue weighted by Crippen LogP contribution is -2.17. The maximum atomic E-state index is 13.4. The number of aromatic nitrogens is 2. The van der Waals surface area contributed by atoms with Gasteiger partial charge < -0.3 is 19.6 Å². The molecule has 0 bridgehead atoms. The van der Waals surface area contributed by atoms with Gasteiger partial charge >= 0.3 is 0 Å². The number of hydrogen-bond donors (Lipinski definition) is 2. The number of furan rings is 1. The predicted molar refractivity (Wildman–Crippen MR) is 128 cm³/mol. The number of pyridine rings is 1. The Morgan fingerprint density at radius 2 is 1.62 bits per heavy atom. The molecule has 0 saturated carbocycles. The Labute approximate surface area is 198 Å². The monoisotopic (exact) mass is 472 g/mol. The largest absolute Gasteiger partial charge is 0.463 e. The second-order valence-corrected chi connectivity index (χ2v) is 7.88. The topological polar surface area (TPSA) is 110 Å². The van der Waals surface area contributed by atoms with E-state index in [1.807, 2.05) is 0 Å². The van der Waals surface area contributed by atoms with Gasteiger partial charge in [-0.25, -0.2) is 4.98 Å². The molecule has 9 heteroatoms. The van der Waals surface area contributed by atoms with Crippen molar-refractivity contribution in [1.82, 2.24) is 10.1 Å². The number of fused-ring (bicyclic) bond motifs is 1. The first-order chi connectivity index (χ1) is 16.5. The van der Waals surface area contributed by atoms with Gasteiger partial charge in [-0.2, -0.15) is 0 Å². The standard InChI is InChI=1S/C25H17ClN4O4/c1-14-22-17(13-20(21-7-4-12-33-21)29-25(22)34-30-14)24(32)28-19-6-3-2-5-18(19)27-23(31)15-8-10-16(26)11-9-15/h2-13H,1H3,(H,27,31)(H,28,32). The highest BCUT2D eigenvalue weighted by molar-refractivity contribution is 6.30. The predicted octanol–water partition coefficient (Wildman–Crippen LogP) is 5.95. The molecule has 0 aliphatic heterocycles. The number of carbonyl (C=O) groups excluding carboxylic acids is 2. The van der Waals surface area contributed by atoms with E-state index in [-0.39, 0.29) is 11.6 Å². The Hall–Kier alpha value is -4.43. The van der Waals surface area contributed by atoms with Crippen molar-refractivity contribution < 1.29 is 18.5 Å². The number of para-hydroxylation sites is 2. The highest BCUT2D eigenvalue weighted by atomic mass is 35.5. The van der Waals surface area contributed by atoms with Crippen LogP contribution in [0.2, 0.25) is 5.02 Å². The number of benzene rings is 2. The maximum Gasteiger partial charge on any atom is 0.259 e. The Morgan fingerprint density at radius 1 is 0.912 bits per heavy atom. The molecule has 5 rings (SSSR count). The molecule has 0 unspecified atom stereocenters. The van der Waals surface area contributed by atoms with Crippen LogP contribution in [0, 0.1) is 6.92 Å². The van der Waals surface area contributed by atoms with Crippen LogP contribution < -0.4 is 10.6 Å². The number of nitrogens with zero attached hydrogens (tertiary/aromatic N) is 2. The molecule has 0 atom stereocenters. The number of carbonyl (C=O) groups is 2. The van der Waals surface area contributed by atoms with Gasteiger partial charge in [0.2, 0.25) is 0 Å². The third kappa shape index (κ3) is 4.14. The van der Waals surface area contributed by atoms with Crippen molar-refractivity contribution in [3.05, 3.63) is 94.8 Å². The number of hydrogen-bond acceptors (Lipinski definition) is 6. The minimum Gasteiger partial charge on any atom is -0.463 e. The highest BCUT2D eigenvalue weighted by Gasteiger charge is 2.21. The molecule has 0 fully saturated rings. The summed E-state index contributed by atoms with van der Waals surface area (Å²) < 4.78 is 10.7. The van der Waals surface area contributed by atoms with Gasteiger partial charge in [0.1, 0.15) is 5.69 Å². The van der Waals surface area contributed by atoms with E-state index in [0.29, 0.717) is 50.1 Å². The van der Waals surface area contributed by atoms with Crippen molar-refractivity contribution in [1.29, 1.82) is 0 Å². The molecule has 3 heterocycles. The van der Waals surface area contributed by atoms with E-state index in [9.17, 15) is 9.59 Å². The summed E-state index contributed by atoms with van der Waals surface area (Å²) in [6, 6.07) is 18.5. The van der Waals surface area contributed by atoms with Crippen molar-refractivity contribution in [3.8, 4) is 11.5 Å². The van der Waals surface area contributed by atoms with E-state index >= 15 is 0 Å². The fourth-order valence-electron chi connectivity index (χ4n) is 3.51. The van der Waals surface area contributed by atoms with Crippen molar-refractivity contribution >= 4 is 45.9 Å². The van der Waals surface area contributed by atoms with Crippen molar-refractivity contribution in [2.75, 3.05) is 10.6 Å². The fraction of sp³-hybridized carbons (Fsp3) is 0.0400. The van der Waals surface area contributed by atoms with Crippen molar-refractivity contribution in [2.24, 2.45) is 0 Å². The molecule has 0 saturated heterocycles. The Kier molecular flexibility index (Phi) is 5.57. The summed E-state index contributed by atoms with van der Waals surface area (Å²) in [4.78, 5) is 30.5. The lowest BCUT2D eigenvalue weighted by molar-refractivity contribution is 0.101. The molecule has 34 heavy (non-hydrogen) atoms. The Balaban J connectivity index is 1.47. The van der Waals surface area contributed by atoms with Crippen LogP contribution in [-0.2, 0) is 0 Å². The number of rotatable bonds is 5. The first-order valence-corrected chi connectivity index (χ1v) is 10.7. The lowest BCUT2D eigenvalue weighted by atomic mass is 10.1. The molecule has 0 radical (unpaired) electrons. The van der Waals surface area contributed by atoms with Gasteiger partial charge in [-0.05, 0) is 61.5 Å². The summed E-state index contributed by atoms with van der Waals surface area (Å²) in [6.07, 6.45) is 1.52. The van der Waals surface area contributed by atoms with Crippen LogP contribution in [0.3, 0.4) is 0 Å². The zero-order valence-electron chi connectivity index (χ0n) is 17.8. The molecule has 168 valence electrons. The number of aryl methyl sites for hydroxylation is 1. The molecule has 0 spiro atoms. The molecule has 8 nitrogen and oxygen atoms in total. The minimum absolute atomic E-state index is 0.223. The Bertz CT molecular complexity index is 1510. The normalized spacial score (nSPS) is 10.9. The van der Waals surface area contributed by atoms with Gasteiger partial charge in [0.15, 0.2) is 5.76 Å². The van der Waals surface area contributed by atoms with Crippen LogP contribution in [0.25, 0.3) is 22.6 Å². The molecule has 3 aromatic heterocycles. The smallest absolute Gasteiger partial charge is 0.259 e. The second kappa shape index (κ2) is 8.84. The van der Waals surface area contributed by atoms with Gasteiger partial charge in [0.05, 0.1) is 34.3 Å². The quantitative estimate of drug-likeness (QED) is 0.327. The Morgan fingerprint density at radius 3 is 2.29 bits per heavy atom. The number of halogens is 1. The molecule has 0 aliphatic carbocycles. The summed E-state index contributed by atoms with van der Waals surface area (Å²) in [7, 11) is 0. The van der Waals surface area contributed by atoms with E-state index in [1.54, 1.807) is 73.7 Å². The molecule has 5 aromatic rings. The molecular weight excluding hydrogens is 456 g/mol. The second-order valence-electron chi connectivity index (χ2n) is 7.44. The summed E-state index contributed by atoms with van der Waals surface area (Å²) in [5.74, 6) is -0.264. The van der Waals surface area contributed by atoms with Crippen LogP contribution in [-0.4, -0.2) is 22.0 Å². The van der Waals surface area contributed by atoms with Crippen LogP contribution in [0.1, 0.15) is 26.4 Å². The number of amides is 2. The van der Waals surface area contributed by atoms with Gasteiger partial charge in [0.25, 0.3) is 17.5 Å². The van der Waals surface area contributed by atoms with E-state index < -0.39 is 5.91 Å². The molecule has 2 amide bonds. The molecule has 2 aromatic carbocycles. The molecular formula is C25H17ClN4O4. The number of nitrogens with one attached hydrogen (secondary N) is 2. The van der Waals surface area contributed by atoms with Crippen molar-refractivity contribution in [2.45, 2.75) is 6.92 Å². The SMILES string of the molecule is Cc1noc2nc(-c3ccco3)cc(C(=O)Nc3ccccc3NC(=O)c3ccc(Cl)cc3)c12. The zero-order valence-corrected chi connectivity index (χ0v) is 18.6. The average Bonchev–Trinajstić information content (AvgIpc) is 3.50. The maximum absolute atomic E-state index is 13.4. The third-order valence-corrected chi connectivity index (χ3v) is 5.42. The van der Waals surface area contributed by atoms with Gasteiger partial charge in [-0.3, -0.25) is 9.59 Å². The van der Waals surface area contributed by atoms with E-state index in [4.69, 9.17) is 20.5 Å². The lowest BCUT2D eigenvalue weighted by Gasteiger charge is -2.13. The first kappa shape index (κ1) is 21.4. The fourth-order valence-corrected chi connectivity index (χ4v) is 3.64. The third-order valence-electron chi connectivity index (χ3n) is 5.17. The van der Waals surface area contributed by atoms with Crippen LogP contribution in [0.15, 0.2) is 81.9 Å². The van der Waals surface area contributed by atoms with E-state index in [0.717, 1.165) is 0 Å². The zero-order chi connectivity index (χ0) is 23.7. The first-order valence-electron chi connectivity index (χ1n) is 10.3. The molecule has 2 N–H and O–H groups in total. The van der Waals surface area contributed by atoms with Gasteiger partial charge in [0, 0.05) is 10.6 Å². The summed E-state index contributed by atoms with van der Waals surface area (Å²) in [6.45, 7) is 1.73. The average molecular weight is 473 g/mol. The van der Waals surface area contributed by atoms with Crippen LogP contribution in [0.4, 0.5) is 11.4 Å². The molecule has 0 aliphatic rings. The summed E-state index contributed by atoms with van der Waals surface area (Å²) in [5, 5.41) is 10.7. The van der Waals surface area contributed by atoms with Crippen molar-refractivity contribution in [3.63, 3.8) is 0 Å². The number of anilines is 2. The van der Waals surface area contributed by atoms with E-state index in [1.165, 1.54) is 6.26 Å². The van der Waals surface area contributed by atoms with E-state index in [2.05, 4.69) is 20.8 Å². The van der Waals surface area contributed by atoms with Gasteiger partial charge in [-0.1, -0.05) is 28.9 Å². The summed E-state index contributed by atoms with van der Waals surface area (Å²) in [5.41, 5.74) is 2.80.